The van der Waals surface area contributed by atoms with Crippen molar-refractivity contribution in [3.8, 4) is 11.1 Å². The Labute approximate surface area is 658 Å². The van der Waals surface area contributed by atoms with Gasteiger partial charge in [-0.15, -0.1) is 0 Å². The van der Waals surface area contributed by atoms with Gasteiger partial charge in [-0.25, -0.2) is 0 Å². The Morgan fingerprint density at radius 2 is 0.605 bits per heavy atom. The van der Waals surface area contributed by atoms with Crippen LogP contribution in [0.4, 0.5) is 0 Å². The summed E-state index contributed by atoms with van der Waals surface area (Å²) in [5.41, 5.74) is 19.9. The fourth-order valence-electron chi connectivity index (χ4n) is 18.7. The fourth-order valence-corrected chi connectivity index (χ4v) is 18.7. The van der Waals surface area contributed by atoms with E-state index in [9.17, 15) is 0 Å². The largest absolute Gasteiger partial charge is 0.456 e. The van der Waals surface area contributed by atoms with E-state index in [4.69, 9.17) is 22.1 Å². The number of hydrogen-bond acceptors (Lipinski definition) is 5. The maximum atomic E-state index is 6.46. The molecule has 546 valence electrons. The Bertz CT molecular complexity index is 7970. The van der Waals surface area contributed by atoms with Crippen LogP contribution in [0, 0.1) is 34.6 Å². The maximum absolute atomic E-state index is 6.46. The molecule has 0 bridgehead atoms. The molecule has 0 aliphatic heterocycles. The van der Waals surface area contributed by atoms with E-state index in [2.05, 4.69) is 356 Å². The first kappa shape index (κ1) is 68.3. The van der Waals surface area contributed by atoms with Gasteiger partial charge in [0.1, 0.15) is 55.8 Å². The van der Waals surface area contributed by atoms with E-state index in [1.54, 1.807) is 0 Å². The van der Waals surface area contributed by atoms with Crippen molar-refractivity contribution in [1.82, 2.24) is 0 Å². The molecule has 5 aromatic heterocycles. The molecule has 0 N–H and O–H groups in total. The minimum Gasteiger partial charge on any atom is -0.456 e. The molecule has 1 fully saturated rings. The van der Waals surface area contributed by atoms with Crippen LogP contribution in [-0.2, 0) is 0 Å². The summed E-state index contributed by atoms with van der Waals surface area (Å²) >= 11 is 0. The van der Waals surface area contributed by atoms with Crippen LogP contribution in [0.25, 0.3) is 207 Å². The number of fused-ring (bicyclic) bond motifs is 32. The molecule has 19 aromatic carbocycles. The number of aryl methyl sites for hydroxylation is 5. The summed E-state index contributed by atoms with van der Waals surface area (Å²) in [6.45, 7) is 10.7. The first-order valence-electron chi connectivity index (χ1n) is 40.0. The summed E-state index contributed by atoms with van der Waals surface area (Å²) in [5, 5.41) is 32.6. The van der Waals surface area contributed by atoms with Crippen LogP contribution in [0.15, 0.2) is 350 Å². The summed E-state index contributed by atoms with van der Waals surface area (Å²) in [7, 11) is 0. The lowest BCUT2D eigenvalue weighted by molar-refractivity contribution is 0.442. The summed E-state index contributed by atoms with van der Waals surface area (Å²) in [4.78, 5) is 0. The van der Waals surface area contributed by atoms with Crippen molar-refractivity contribution < 1.29 is 22.1 Å². The summed E-state index contributed by atoms with van der Waals surface area (Å²) in [6, 6.07) is 116. The fraction of sp³-hybridized carbons (Fsp3) is 0.101. The average Bonchev–Trinajstić information content (AvgIpc) is 1.53. The minimum atomic E-state index is 0.646. The lowest BCUT2D eigenvalue weighted by Gasteiger charge is -2.22. The maximum Gasteiger partial charge on any atom is 0.143 e. The van der Waals surface area contributed by atoms with Crippen molar-refractivity contribution in [2.75, 3.05) is 0 Å². The van der Waals surface area contributed by atoms with Crippen LogP contribution in [0.5, 0.6) is 0 Å². The molecular formula is C109H80O5. The Balaban J connectivity index is 0.0000000899. The highest BCUT2D eigenvalue weighted by molar-refractivity contribution is 6.35. The second-order valence-corrected chi connectivity index (χ2v) is 31.3. The van der Waals surface area contributed by atoms with Crippen LogP contribution >= 0.6 is 0 Å². The van der Waals surface area contributed by atoms with Crippen LogP contribution in [0.1, 0.15) is 71.4 Å². The zero-order valence-corrected chi connectivity index (χ0v) is 64.3. The molecule has 5 heteroatoms. The van der Waals surface area contributed by atoms with Gasteiger partial charge in [0.15, 0.2) is 0 Å². The molecule has 0 amide bonds. The first-order chi connectivity index (χ1) is 56.1. The van der Waals surface area contributed by atoms with Gasteiger partial charge in [-0.3, -0.25) is 0 Å². The minimum absolute atomic E-state index is 0.646. The van der Waals surface area contributed by atoms with Gasteiger partial charge in [0.2, 0.25) is 0 Å². The van der Waals surface area contributed by atoms with Crippen molar-refractivity contribution in [1.29, 1.82) is 0 Å². The van der Waals surface area contributed by atoms with Crippen molar-refractivity contribution >= 4 is 196 Å². The average molecular weight is 1470 g/mol. The second kappa shape index (κ2) is 27.9. The van der Waals surface area contributed by atoms with Crippen LogP contribution < -0.4 is 0 Å². The number of benzene rings is 19. The predicted molar refractivity (Wildman–Crippen MR) is 484 cm³/mol. The first-order valence-corrected chi connectivity index (χ1v) is 40.0. The smallest absolute Gasteiger partial charge is 0.143 e. The second-order valence-electron chi connectivity index (χ2n) is 31.3. The third-order valence-electron chi connectivity index (χ3n) is 24.1. The van der Waals surface area contributed by atoms with E-state index >= 15 is 0 Å². The summed E-state index contributed by atoms with van der Waals surface area (Å²) < 4.78 is 31.3. The highest BCUT2D eigenvalue weighted by Crippen LogP contribution is 2.48. The monoisotopic (exact) mass is 1470 g/mol. The highest BCUT2D eigenvalue weighted by Gasteiger charge is 2.25. The Morgan fingerprint density at radius 3 is 1.20 bits per heavy atom. The molecule has 1 aliphatic rings. The Hall–Kier alpha value is -13.7. The van der Waals surface area contributed by atoms with Crippen molar-refractivity contribution in [3.05, 3.63) is 361 Å². The Kier molecular flexibility index (Phi) is 16.7. The molecule has 5 heterocycles. The third kappa shape index (κ3) is 11.6. The Morgan fingerprint density at radius 1 is 0.211 bits per heavy atom. The molecule has 0 saturated heterocycles. The number of rotatable bonds is 2. The quantitative estimate of drug-likeness (QED) is 0.161. The lowest BCUT2D eigenvalue weighted by atomic mass is 9.82. The van der Waals surface area contributed by atoms with Crippen molar-refractivity contribution in [3.63, 3.8) is 0 Å². The van der Waals surface area contributed by atoms with Gasteiger partial charge in [0.25, 0.3) is 0 Å². The van der Waals surface area contributed by atoms with Crippen molar-refractivity contribution in [2.24, 2.45) is 0 Å². The zero-order chi connectivity index (χ0) is 76.2. The highest BCUT2D eigenvalue weighted by atomic mass is 16.3. The van der Waals surface area contributed by atoms with E-state index in [-0.39, 0.29) is 0 Å². The molecular weight excluding hydrogens is 1390 g/mol. The van der Waals surface area contributed by atoms with Gasteiger partial charge < -0.3 is 22.1 Å². The summed E-state index contributed by atoms with van der Waals surface area (Å²) in [6.07, 6.45) is 6.66. The van der Waals surface area contributed by atoms with Gasteiger partial charge in [-0.2, -0.15) is 0 Å². The van der Waals surface area contributed by atoms with Gasteiger partial charge in [0, 0.05) is 64.8 Å². The van der Waals surface area contributed by atoms with Gasteiger partial charge in [-0.1, -0.05) is 292 Å². The molecule has 0 radical (unpaired) electrons. The van der Waals surface area contributed by atoms with E-state index in [0.717, 1.165) is 61.4 Å². The normalized spacial score (nSPS) is 12.7. The predicted octanol–water partition coefficient (Wildman–Crippen LogP) is 32.4. The van der Waals surface area contributed by atoms with Gasteiger partial charge >= 0.3 is 0 Å². The molecule has 114 heavy (non-hydrogen) atoms. The van der Waals surface area contributed by atoms with E-state index in [1.807, 2.05) is 6.07 Å². The van der Waals surface area contributed by atoms with Crippen molar-refractivity contribution in [2.45, 2.75) is 72.6 Å². The SMILES string of the molecule is Cc1cc2oc3c4ccccc4c4ccccc4c3c2c2ccccc12.Cc1cc2oc3ccc4ccccc4c3c2c2ccccc12.Cc1ccc2c(c1)oc1c(-c3ccccc3)cc3ccccc3c12.Cc1ccc2c(c1)oc1c(C3CCCCC3)cc3ccccc3c12.Cc1ccc2oc3ccc4ccccc4c3c2c1. The van der Waals surface area contributed by atoms with Crippen LogP contribution in [-0.4, -0.2) is 0 Å². The molecule has 0 unspecified atom stereocenters. The van der Waals surface area contributed by atoms with Gasteiger partial charge in [0.05, 0.1) is 0 Å². The van der Waals surface area contributed by atoms with E-state index in [1.165, 1.54) is 211 Å². The lowest BCUT2D eigenvalue weighted by Crippen LogP contribution is -2.04. The van der Waals surface area contributed by atoms with E-state index in [0.29, 0.717) is 5.92 Å². The molecule has 1 saturated carbocycles. The molecule has 24 aromatic rings. The van der Waals surface area contributed by atoms with Gasteiger partial charge in [-0.05, 0) is 228 Å². The molecule has 0 atom stereocenters. The molecule has 0 spiro atoms. The number of hydrogen-bond donors (Lipinski definition) is 0. The molecule has 25 rings (SSSR count). The third-order valence-corrected chi connectivity index (χ3v) is 24.1. The molecule has 1 aliphatic carbocycles. The van der Waals surface area contributed by atoms with E-state index < -0.39 is 0 Å². The van der Waals surface area contributed by atoms with Crippen LogP contribution in [0.3, 0.4) is 0 Å². The zero-order valence-electron chi connectivity index (χ0n) is 64.3. The summed E-state index contributed by atoms with van der Waals surface area (Å²) in [5.74, 6) is 0.646. The standard InChI is InChI=1S/C25H16O.C23H22O.C23H16O.C21H14O.C17H12O/c1-15-14-22-23(19-11-5-2-8-16(15)19)24-20-12-6-3-9-17(20)18-10-4-7-13-21(18)25(24)26-22;2*1-15-11-12-19-21(13-15)24-23-20(16-7-3-2-4-8-16)14-17-9-5-6-10-18(17)22(19)23;1-13-12-19-21(17-9-5-4-7-15(13)17)20-16-8-3-2-6-14(16)10-11-18(20)22-19;1-11-6-8-15-14(10-11)17-13-5-3-2-4-12(13)7-9-16(17)18-15/h2-14H,1H3;5-6,9-14,16H,2-4,7-8H2,1H3;2-14H,1H3;2-12H,1H3;2-10H,1H3. The topological polar surface area (TPSA) is 65.7 Å². The number of furan rings is 5. The van der Waals surface area contributed by atoms with Crippen LogP contribution in [0.2, 0.25) is 0 Å². The molecule has 5 nitrogen and oxygen atoms in total.